The largest absolute Gasteiger partial charge is 0.483 e. The molecule has 3 aliphatic heterocycles. The van der Waals surface area contributed by atoms with Crippen LogP contribution < -0.4 is 0 Å². The molecule has 0 N–H and O–H groups in total. The van der Waals surface area contributed by atoms with E-state index in [1.807, 2.05) is 11.1 Å². The molecule has 0 bridgehead atoms. The summed E-state index contributed by atoms with van der Waals surface area (Å²) in [6, 6.07) is 0. The van der Waals surface area contributed by atoms with Gasteiger partial charge in [0.15, 0.2) is 6.40 Å². The van der Waals surface area contributed by atoms with Crippen molar-refractivity contribution in [2.75, 3.05) is 37.7 Å². The summed E-state index contributed by atoms with van der Waals surface area (Å²) in [6.07, 6.45) is 3.86. The topological polar surface area (TPSA) is 46.3 Å². The first-order chi connectivity index (χ1) is 8.50. The normalized spacial score (nSPS) is 20.7. The number of aliphatic imine (C=N–C) groups is 3. The summed E-state index contributed by atoms with van der Waals surface area (Å²) in [5.74, 6) is 2.46. The minimum absolute atomic E-state index is 0.851. The van der Waals surface area contributed by atoms with Gasteiger partial charge in [-0.05, 0) is 6.42 Å². The molecule has 0 radical (unpaired) electrons. The van der Waals surface area contributed by atoms with Crippen molar-refractivity contribution in [1.82, 2.24) is 0 Å². The van der Waals surface area contributed by atoms with E-state index in [9.17, 15) is 0 Å². The van der Waals surface area contributed by atoms with E-state index in [1.165, 1.54) is 24.3 Å². The maximum absolute atomic E-state index is 4.78. The molecule has 3 rings (SSSR count). The standard InChI is InChI=1S/C4H7NO.C4H7NS.C3H5NS/c2*1-2-5-4-6-3-1;1-2-5-3-4-1/h2*4H,1-3H2;3H,1-2H2. The molecule has 6 heteroatoms. The summed E-state index contributed by atoms with van der Waals surface area (Å²) in [7, 11) is 0. The lowest BCUT2D eigenvalue weighted by atomic mass is 10.4. The van der Waals surface area contributed by atoms with Crippen molar-refractivity contribution in [3.63, 3.8) is 0 Å². The fourth-order valence-electron chi connectivity index (χ4n) is 1.06. The van der Waals surface area contributed by atoms with Crippen LogP contribution in [0, 0.1) is 0 Å². The van der Waals surface area contributed by atoms with Crippen molar-refractivity contribution in [3.05, 3.63) is 0 Å². The van der Waals surface area contributed by atoms with Crippen molar-refractivity contribution in [2.24, 2.45) is 15.0 Å². The second-order valence-corrected chi connectivity index (χ2v) is 5.26. The van der Waals surface area contributed by atoms with Crippen molar-refractivity contribution in [2.45, 2.75) is 12.8 Å². The predicted octanol–water partition coefficient (Wildman–Crippen LogP) is 2.35. The minimum atomic E-state index is 0.851. The molecule has 0 aromatic heterocycles. The number of hydrogen-bond acceptors (Lipinski definition) is 6. The molecule has 0 fully saturated rings. The summed E-state index contributed by atoms with van der Waals surface area (Å²) < 4.78 is 4.78. The van der Waals surface area contributed by atoms with E-state index in [2.05, 4.69) is 15.0 Å². The van der Waals surface area contributed by atoms with Gasteiger partial charge in [-0.15, -0.1) is 23.5 Å². The van der Waals surface area contributed by atoms with Crippen molar-refractivity contribution < 1.29 is 4.74 Å². The van der Waals surface area contributed by atoms with Gasteiger partial charge in [0.05, 0.1) is 17.7 Å². The first kappa shape index (κ1) is 14.6. The Morgan fingerprint density at radius 3 is 1.76 bits per heavy atom. The Bertz CT molecular complexity index is 217. The van der Waals surface area contributed by atoms with Crippen LogP contribution in [0.25, 0.3) is 0 Å². The Kier molecular flexibility index (Phi) is 10.3. The van der Waals surface area contributed by atoms with Crippen LogP contribution in [0.3, 0.4) is 0 Å². The lowest BCUT2D eigenvalue weighted by molar-refractivity contribution is 0.298. The Labute approximate surface area is 111 Å². The number of rotatable bonds is 0. The first-order valence-electron chi connectivity index (χ1n) is 5.80. The summed E-state index contributed by atoms with van der Waals surface area (Å²) in [4.78, 5) is 11.8. The Balaban J connectivity index is 0.000000128. The molecular formula is C11H19N3OS2. The molecule has 3 aliphatic rings. The molecule has 0 aliphatic carbocycles. The molecule has 3 heterocycles. The highest BCUT2D eigenvalue weighted by atomic mass is 32.2. The summed E-state index contributed by atoms with van der Waals surface area (Å²) >= 11 is 3.59. The van der Waals surface area contributed by atoms with Crippen LogP contribution >= 0.6 is 23.5 Å². The lowest BCUT2D eigenvalue weighted by Crippen LogP contribution is -2.00. The first-order valence-corrected chi connectivity index (χ1v) is 7.89. The Hall–Kier alpha value is -0.490. The van der Waals surface area contributed by atoms with Crippen LogP contribution in [-0.4, -0.2) is 55.2 Å². The minimum Gasteiger partial charge on any atom is -0.483 e. The molecule has 4 nitrogen and oxygen atoms in total. The van der Waals surface area contributed by atoms with Gasteiger partial charge in [0.2, 0.25) is 0 Å². The van der Waals surface area contributed by atoms with E-state index >= 15 is 0 Å². The van der Waals surface area contributed by atoms with E-state index in [-0.39, 0.29) is 0 Å². The lowest BCUT2D eigenvalue weighted by Gasteiger charge is -2.01. The number of hydrogen-bond donors (Lipinski definition) is 0. The Morgan fingerprint density at radius 1 is 0.824 bits per heavy atom. The van der Waals surface area contributed by atoms with Crippen LogP contribution in [0.4, 0.5) is 0 Å². The Morgan fingerprint density at radius 2 is 1.59 bits per heavy atom. The fourth-order valence-corrected chi connectivity index (χ4v) is 2.20. The third-order valence-corrected chi connectivity index (χ3v) is 3.42. The molecule has 0 saturated carbocycles. The third-order valence-electron chi connectivity index (χ3n) is 1.88. The highest BCUT2D eigenvalue weighted by Crippen LogP contribution is 2.02. The molecule has 17 heavy (non-hydrogen) atoms. The highest BCUT2D eigenvalue weighted by molar-refractivity contribution is 8.12. The van der Waals surface area contributed by atoms with Gasteiger partial charge in [0.25, 0.3) is 0 Å². The highest BCUT2D eigenvalue weighted by Gasteiger charge is 1.88. The van der Waals surface area contributed by atoms with Gasteiger partial charge >= 0.3 is 0 Å². The number of thioether (sulfide) groups is 2. The molecule has 96 valence electrons. The molecule has 0 saturated heterocycles. The van der Waals surface area contributed by atoms with Gasteiger partial charge in [0, 0.05) is 37.6 Å². The molecule has 0 atom stereocenters. The maximum atomic E-state index is 4.78. The maximum Gasteiger partial charge on any atom is 0.169 e. The molecule has 0 spiro atoms. The zero-order chi connectivity index (χ0) is 12.0. The molecular weight excluding hydrogens is 254 g/mol. The molecule has 0 amide bonds. The van der Waals surface area contributed by atoms with Crippen LogP contribution in [0.2, 0.25) is 0 Å². The van der Waals surface area contributed by atoms with E-state index in [0.29, 0.717) is 0 Å². The van der Waals surface area contributed by atoms with Gasteiger partial charge < -0.3 is 4.74 Å². The summed E-state index contributed by atoms with van der Waals surface area (Å²) in [5, 5.41) is 0. The van der Waals surface area contributed by atoms with Crippen LogP contribution in [-0.2, 0) is 4.74 Å². The van der Waals surface area contributed by atoms with Gasteiger partial charge in [-0.3, -0.25) is 15.0 Å². The van der Waals surface area contributed by atoms with Crippen LogP contribution in [0.1, 0.15) is 12.8 Å². The smallest absolute Gasteiger partial charge is 0.169 e. The SMILES string of the molecule is C1=NCCCO1.C1=NCCCS1.C1=NCCS1. The average molecular weight is 273 g/mol. The molecule has 0 unspecified atom stereocenters. The second-order valence-electron chi connectivity index (χ2n) is 3.35. The van der Waals surface area contributed by atoms with E-state index in [4.69, 9.17) is 4.74 Å². The average Bonchev–Trinajstić information content (AvgIpc) is 3.03. The van der Waals surface area contributed by atoms with E-state index < -0.39 is 0 Å². The van der Waals surface area contributed by atoms with E-state index in [0.717, 1.165) is 32.7 Å². The van der Waals surface area contributed by atoms with Crippen molar-refractivity contribution in [1.29, 1.82) is 0 Å². The second kappa shape index (κ2) is 12.0. The van der Waals surface area contributed by atoms with Crippen molar-refractivity contribution >= 4 is 41.0 Å². The predicted molar refractivity (Wildman–Crippen MR) is 80.2 cm³/mol. The number of nitrogens with zero attached hydrogens (tertiary/aromatic N) is 3. The van der Waals surface area contributed by atoms with Crippen LogP contribution in [0.15, 0.2) is 15.0 Å². The van der Waals surface area contributed by atoms with Gasteiger partial charge in [0.1, 0.15) is 0 Å². The van der Waals surface area contributed by atoms with Gasteiger partial charge in [-0.25, -0.2) is 0 Å². The number of ether oxygens (including phenoxy) is 1. The quantitative estimate of drug-likeness (QED) is 0.680. The van der Waals surface area contributed by atoms with Gasteiger partial charge in [-0.2, -0.15) is 0 Å². The fraction of sp³-hybridized carbons (Fsp3) is 0.727. The van der Waals surface area contributed by atoms with Crippen molar-refractivity contribution in [3.8, 4) is 0 Å². The zero-order valence-corrected chi connectivity index (χ0v) is 11.6. The van der Waals surface area contributed by atoms with E-state index in [1.54, 1.807) is 23.5 Å². The summed E-state index contributed by atoms with van der Waals surface area (Å²) in [6.45, 7) is 3.88. The van der Waals surface area contributed by atoms with Crippen LogP contribution in [0.5, 0.6) is 0 Å². The third kappa shape index (κ3) is 10.4. The molecule has 0 aromatic rings. The monoisotopic (exact) mass is 273 g/mol. The summed E-state index contributed by atoms with van der Waals surface area (Å²) in [5.41, 5.74) is 3.84. The zero-order valence-electron chi connectivity index (χ0n) is 9.96. The molecule has 0 aromatic carbocycles. The van der Waals surface area contributed by atoms with Gasteiger partial charge in [-0.1, -0.05) is 0 Å².